The second-order valence-corrected chi connectivity index (χ2v) is 6.93. The Kier molecular flexibility index (Phi) is 4.36. The van der Waals surface area contributed by atoms with E-state index in [0.29, 0.717) is 0 Å². The van der Waals surface area contributed by atoms with Crippen LogP contribution in [0, 0.1) is 11.8 Å². The fraction of sp³-hybridized carbons (Fsp3) is 0.533. The summed E-state index contributed by atoms with van der Waals surface area (Å²) in [5.41, 5.74) is 1.09. The molecule has 21 heavy (non-hydrogen) atoms. The minimum Gasteiger partial charge on any atom is -0.497 e. The number of rotatable bonds is 3. The zero-order valence-electron chi connectivity index (χ0n) is 12.0. The van der Waals surface area contributed by atoms with Crippen molar-refractivity contribution in [1.29, 1.82) is 0 Å². The topological polar surface area (TPSA) is 37.4 Å². The van der Waals surface area contributed by atoms with E-state index in [1.165, 1.54) is 35.9 Å². The van der Waals surface area contributed by atoms with Crippen LogP contribution >= 0.6 is 23.7 Å². The number of halogens is 1. The number of hydrogen-bond acceptors (Lipinski definition) is 5. The highest BCUT2D eigenvalue weighted by atomic mass is 35.5. The quantitative estimate of drug-likeness (QED) is 0.940. The molecule has 6 heteroatoms. The van der Waals surface area contributed by atoms with Crippen molar-refractivity contribution in [2.75, 3.05) is 33.3 Å². The molecule has 0 aliphatic carbocycles. The number of methoxy groups -OCH3 is 1. The van der Waals surface area contributed by atoms with Gasteiger partial charge in [0.1, 0.15) is 10.8 Å². The molecule has 0 unspecified atom stereocenters. The molecule has 2 fully saturated rings. The lowest BCUT2D eigenvalue weighted by Gasteiger charge is -2.14. The summed E-state index contributed by atoms with van der Waals surface area (Å²) in [5.74, 6) is 2.61. The number of ether oxygens (including phenoxy) is 1. The van der Waals surface area contributed by atoms with E-state index in [1.807, 2.05) is 6.07 Å². The smallest absolute Gasteiger partial charge is 0.120 e. The number of nitrogens with one attached hydrogen (secondary N) is 1. The highest BCUT2D eigenvalue weighted by Crippen LogP contribution is 2.30. The number of aromatic nitrogens is 1. The molecule has 0 amide bonds. The Hall–Kier alpha value is -0.880. The molecule has 4 nitrogen and oxygen atoms in total. The van der Waals surface area contributed by atoms with Gasteiger partial charge in [-0.3, -0.25) is 4.90 Å². The number of fused-ring (bicyclic) bond motifs is 2. The van der Waals surface area contributed by atoms with E-state index in [2.05, 4.69) is 22.3 Å². The van der Waals surface area contributed by atoms with Crippen LogP contribution in [0.1, 0.15) is 5.01 Å². The predicted molar refractivity (Wildman–Crippen MR) is 88.5 cm³/mol. The Labute approximate surface area is 134 Å². The fourth-order valence-corrected chi connectivity index (χ4v) is 4.46. The second kappa shape index (κ2) is 6.08. The Balaban J connectivity index is 0.00000132. The molecule has 4 rings (SSSR count). The summed E-state index contributed by atoms with van der Waals surface area (Å²) < 4.78 is 6.50. The van der Waals surface area contributed by atoms with Crippen molar-refractivity contribution in [3.8, 4) is 5.75 Å². The summed E-state index contributed by atoms with van der Waals surface area (Å²) in [7, 11) is 1.71. The van der Waals surface area contributed by atoms with Crippen LogP contribution in [0.5, 0.6) is 5.75 Å². The lowest BCUT2D eigenvalue weighted by molar-refractivity contribution is 0.305. The number of likely N-dealkylation sites (tertiary alicyclic amines) is 1. The van der Waals surface area contributed by atoms with Crippen LogP contribution in [0.4, 0.5) is 0 Å². The van der Waals surface area contributed by atoms with Crippen molar-refractivity contribution in [2.24, 2.45) is 11.8 Å². The van der Waals surface area contributed by atoms with Gasteiger partial charge < -0.3 is 10.1 Å². The third kappa shape index (κ3) is 2.88. The molecule has 0 saturated carbocycles. The van der Waals surface area contributed by atoms with Gasteiger partial charge in [-0.15, -0.1) is 23.7 Å². The molecule has 3 heterocycles. The van der Waals surface area contributed by atoms with Crippen molar-refractivity contribution in [2.45, 2.75) is 6.54 Å². The van der Waals surface area contributed by atoms with E-state index in [1.54, 1.807) is 18.4 Å². The first kappa shape index (κ1) is 15.0. The van der Waals surface area contributed by atoms with Gasteiger partial charge >= 0.3 is 0 Å². The lowest BCUT2D eigenvalue weighted by atomic mass is 10.0. The monoisotopic (exact) mass is 325 g/mol. The van der Waals surface area contributed by atoms with Crippen LogP contribution in [0.2, 0.25) is 0 Å². The zero-order valence-corrected chi connectivity index (χ0v) is 13.7. The van der Waals surface area contributed by atoms with Gasteiger partial charge in [0.05, 0.1) is 23.9 Å². The SMILES string of the molecule is COc1ccc2nc(CN3C[C@H]4CNC[C@H]4C3)sc2c1.Cl. The molecule has 2 aliphatic rings. The van der Waals surface area contributed by atoms with E-state index in [0.717, 1.165) is 29.6 Å². The summed E-state index contributed by atoms with van der Waals surface area (Å²) >= 11 is 1.79. The average molecular weight is 326 g/mol. The summed E-state index contributed by atoms with van der Waals surface area (Å²) in [5, 5.41) is 4.71. The van der Waals surface area contributed by atoms with E-state index < -0.39 is 0 Å². The number of thiazole rings is 1. The molecular formula is C15H20ClN3OS. The molecule has 2 aliphatic heterocycles. The Morgan fingerprint density at radius 1 is 1.33 bits per heavy atom. The molecule has 2 saturated heterocycles. The zero-order chi connectivity index (χ0) is 13.5. The third-order valence-corrected chi connectivity index (χ3v) is 5.47. The molecule has 114 valence electrons. The fourth-order valence-electron chi connectivity index (χ4n) is 3.42. The van der Waals surface area contributed by atoms with Crippen LogP contribution in [0.3, 0.4) is 0 Å². The van der Waals surface area contributed by atoms with E-state index in [4.69, 9.17) is 9.72 Å². The average Bonchev–Trinajstić information content (AvgIpc) is 3.11. The number of benzene rings is 1. The molecule has 2 atom stereocenters. The molecule has 0 bridgehead atoms. The highest BCUT2D eigenvalue weighted by Gasteiger charge is 2.36. The van der Waals surface area contributed by atoms with Gasteiger partial charge in [0.2, 0.25) is 0 Å². The van der Waals surface area contributed by atoms with Crippen molar-refractivity contribution in [3.05, 3.63) is 23.2 Å². The maximum Gasteiger partial charge on any atom is 0.120 e. The van der Waals surface area contributed by atoms with Crippen molar-refractivity contribution in [1.82, 2.24) is 15.2 Å². The summed E-state index contributed by atoms with van der Waals surface area (Å²) in [4.78, 5) is 7.31. The van der Waals surface area contributed by atoms with Crippen LogP contribution in [-0.4, -0.2) is 43.2 Å². The largest absolute Gasteiger partial charge is 0.497 e. The van der Waals surface area contributed by atoms with E-state index >= 15 is 0 Å². The molecule has 2 aromatic rings. The maximum atomic E-state index is 5.28. The first-order chi connectivity index (χ1) is 9.81. The van der Waals surface area contributed by atoms with Gasteiger partial charge in [-0.2, -0.15) is 0 Å². The molecule has 1 aromatic heterocycles. The van der Waals surface area contributed by atoms with Gasteiger partial charge in [0, 0.05) is 13.1 Å². The van der Waals surface area contributed by atoms with Gasteiger partial charge in [-0.25, -0.2) is 4.98 Å². The second-order valence-electron chi connectivity index (χ2n) is 5.81. The molecule has 1 N–H and O–H groups in total. The van der Waals surface area contributed by atoms with Crippen LogP contribution < -0.4 is 10.1 Å². The Morgan fingerprint density at radius 2 is 2.10 bits per heavy atom. The first-order valence-electron chi connectivity index (χ1n) is 7.18. The van der Waals surface area contributed by atoms with Crippen molar-refractivity contribution < 1.29 is 4.74 Å². The summed E-state index contributed by atoms with van der Waals surface area (Å²) in [6.07, 6.45) is 0. The van der Waals surface area contributed by atoms with Gasteiger partial charge in [0.25, 0.3) is 0 Å². The summed E-state index contributed by atoms with van der Waals surface area (Å²) in [6, 6.07) is 6.12. The first-order valence-corrected chi connectivity index (χ1v) is 8.00. The maximum absolute atomic E-state index is 5.28. The van der Waals surface area contributed by atoms with Crippen LogP contribution in [-0.2, 0) is 6.54 Å². The molecule has 1 aromatic carbocycles. The van der Waals surface area contributed by atoms with E-state index in [9.17, 15) is 0 Å². The summed E-state index contributed by atoms with van der Waals surface area (Å²) in [6.45, 7) is 5.82. The van der Waals surface area contributed by atoms with Gasteiger partial charge in [0.15, 0.2) is 0 Å². The van der Waals surface area contributed by atoms with E-state index in [-0.39, 0.29) is 12.4 Å². The minimum absolute atomic E-state index is 0. The molecule has 0 radical (unpaired) electrons. The number of hydrogen-bond donors (Lipinski definition) is 1. The Bertz CT molecular complexity index is 620. The van der Waals surface area contributed by atoms with Crippen molar-refractivity contribution in [3.63, 3.8) is 0 Å². The predicted octanol–water partition coefficient (Wildman–Crippen LogP) is 2.38. The van der Waals surface area contributed by atoms with Gasteiger partial charge in [-0.05, 0) is 43.1 Å². The Morgan fingerprint density at radius 3 is 2.81 bits per heavy atom. The minimum atomic E-state index is 0. The third-order valence-electron chi connectivity index (χ3n) is 4.46. The lowest BCUT2D eigenvalue weighted by Crippen LogP contribution is -2.25. The van der Waals surface area contributed by atoms with Crippen LogP contribution in [0.25, 0.3) is 10.2 Å². The molecule has 0 spiro atoms. The normalized spacial score (nSPS) is 25.0. The van der Waals surface area contributed by atoms with Crippen molar-refractivity contribution >= 4 is 34.0 Å². The highest BCUT2D eigenvalue weighted by molar-refractivity contribution is 7.18. The molecular weight excluding hydrogens is 306 g/mol. The standard InChI is InChI=1S/C15H19N3OS.ClH/c1-19-12-2-3-13-14(4-12)20-15(17-13)9-18-7-10-5-16-6-11(10)8-18;/h2-4,10-11,16H,5-9H2,1H3;1H/t10-,11+;. The van der Waals surface area contributed by atoms with Crippen LogP contribution in [0.15, 0.2) is 18.2 Å². The van der Waals surface area contributed by atoms with Gasteiger partial charge in [-0.1, -0.05) is 0 Å². The number of nitrogens with zero attached hydrogens (tertiary/aromatic N) is 2.